The molecule has 1 atom stereocenters. The first kappa shape index (κ1) is 15.8. The second kappa shape index (κ2) is 7.44. The third-order valence-corrected chi connectivity index (χ3v) is 4.59. The minimum absolute atomic E-state index is 0.0348. The van der Waals surface area contributed by atoms with Crippen molar-refractivity contribution in [2.45, 2.75) is 44.6 Å². The molecule has 2 aliphatic heterocycles. The van der Waals surface area contributed by atoms with Crippen LogP contribution in [0.2, 0.25) is 0 Å². The Morgan fingerprint density at radius 1 is 1.13 bits per heavy atom. The number of anilines is 1. The standard InChI is InChI=1S/C17H24N4O2/c22-16-15(19-17(23)20-10-3-1-2-4-11-20)8-6-12-21(16)14-7-5-9-18-13-14/h5,7,9,13,15H,1-4,6,8,10-12H2,(H,19,23)/t15-/m0/s1. The second-order valence-electron chi connectivity index (χ2n) is 6.25. The van der Waals surface area contributed by atoms with Gasteiger partial charge in [-0.25, -0.2) is 4.79 Å². The van der Waals surface area contributed by atoms with Crippen molar-refractivity contribution >= 4 is 17.6 Å². The van der Waals surface area contributed by atoms with Crippen molar-refractivity contribution in [2.75, 3.05) is 24.5 Å². The molecule has 23 heavy (non-hydrogen) atoms. The van der Waals surface area contributed by atoms with E-state index in [2.05, 4.69) is 10.3 Å². The number of carbonyl (C=O) groups excluding carboxylic acids is 2. The monoisotopic (exact) mass is 316 g/mol. The predicted molar refractivity (Wildman–Crippen MR) is 88.2 cm³/mol. The highest BCUT2D eigenvalue weighted by molar-refractivity contribution is 5.99. The molecule has 0 aliphatic carbocycles. The lowest BCUT2D eigenvalue weighted by Gasteiger charge is -2.33. The fourth-order valence-electron chi connectivity index (χ4n) is 3.29. The molecule has 0 aromatic carbocycles. The number of nitrogens with zero attached hydrogens (tertiary/aromatic N) is 3. The highest BCUT2D eigenvalue weighted by Gasteiger charge is 2.32. The minimum Gasteiger partial charge on any atom is -0.326 e. The van der Waals surface area contributed by atoms with Crippen molar-refractivity contribution in [1.82, 2.24) is 15.2 Å². The Hall–Kier alpha value is -2.11. The summed E-state index contributed by atoms with van der Waals surface area (Å²) in [6, 6.07) is 3.17. The minimum atomic E-state index is -0.431. The van der Waals surface area contributed by atoms with Gasteiger partial charge in [-0.05, 0) is 37.8 Å². The summed E-state index contributed by atoms with van der Waals surface area (Å²) in [5.41, 5.74) is 0.797. The van der Waals surface area contributed by atoms with Crippen molar-refractivity contribution in [3.8, 4) is 0 Å². The highest BCUT2D eigenvalue weighted by Crippen LogP contribution is 2.20. The maximum absolute atomic E-state index is 12.7. The number of likely N-dealkylation sites (tertiary alicyclic amines) is 1. The molecule has 0 spiro atoms. The Morgan fingerprint density at radius 3 is 2.61 bits per heavy atom. The van der Waals surface area contributed by atoms with E-state index in [0.29, 0.717) is 13.0 Å². The topological polar surface area (TPSA) is 65.5 Å². The number of rotatable bonds is 2. The van der Waals surface area contributed by atoms with Gasteiger partial charge in [0.15, 0.2) is 0 Å². The summed E-state index contributed by atoms with van der Waals surface area (Å²) < 4.78 is 0. The van der Waals surface area contributed by atoms with Gasteiger partial charge >= 0.3 is 6.03 Å². The van der Waals surface area contributed by atoms with Crippen LogP contribution in [0.4, 0.5) is 10.5 Å². The van der Waals surface area contributed by atoms with Gasteiger partial charge in [0.25, 0.3) is 0 Å². The number of piperidine rings is 1. The molecule has 6 nitrogen and oxygen atoms in total. The Labute approximate surface area is 136 Å². The SMILES string of the molecule is O=C(N[C@H]1CCCN(c2cccnc2)C1=O)N1CCCCCC1. The van der Waals surface area contributed by atoms with E-state index < -0.39 is 6.04 Å². The maximum Gasteiger partial charge on any atom is 0.318 e. The Morgan fingerprint density at radius 2 is 1.91 bits per heavy atom. The van der Waals surface area contributed by atoms with Crippen LogP contribution in [0.5, 0.6) is 0 Å². The van der Waals surface area contributed by atoms with Crippen LogP contribution in [0, 0.1) is 0 Å². The van der Waals surface area contributed by atoms with E-state index in [1.807, 2.05) is 17.0 Å². The molecule has 1 aromatic rings. The van der Waals surface area contributed by atoms with Crippen molar-refractivity contribution in [3.63, 3.8) is 0 Å². The molecule has 6 heteroatoms. The van der Waals surface area contributed by atoms with Gasteiger partial charge in [0.2, 0.25) is 5.91 Å². The summed E-state index contributed by atoms with van der Waals surface area (Å²) >= 11 is 0. The summed E-state index contributed by atoms with van der Waals surface area (Å²) in [4.78, 5) is 32.8. The zero-order chi connectivity index (χ0) is 16.1. The van der Waals surface area contributed by atoms with Crippen LogP contribution in [-0.2, 0) is 4.79 Å². The quantitative estimate of drug-likeness (QED) is 0.909. The van der Waals surface area contributed by atoms with E-state index in [-0.39, 0.29) is 11.9 Å². The number of pyridine rings is 1. The van der Waals surface area contributed by atoms with Crippen LogP contribution in [0.15, 0.2) is 24.5 Å². The van der Waals surface area contributed by atoms with Gasteiger partial charge in [-0.1, -0.05) is 12.8 Å². The summed E-state index contributed by atoms with van der Waals surface area (Å²) in [7, 11) is 0. The second-order valence-corrected chi connectivity index (χ2v) is 6.25. The van der Waals surface area contributed by atoms with Crippen molar-refractivity contribution in [1.29, 1.82) is 0 Å². The number of urea groups is 1. The van der Waals surface area contributed by atoms with E-state index in [9.17, 15) is 9.59 Å². The average molecular weight is 316 g/mol. The van der Waals surface area contributed by atoms with E-state index in [0.717, 1.165) is 38.0 Å². The maximum atomic E-state index is 12.7. The number of nitrogens with one attached hydrogen (secondary N) is 1. The first-order valence-corrected chi connectivity index (χ1v) is 8.52. The highest BCUT2D eigenvalue weighted by atomic mass is 16.2. The van der Waals surface area contributed by atoms with Crippen LogP contribution in [-0.4, -0.2) is 47.5 Å². The van der Waals surface area contributed by atoms with Gasteiger partial charge in [-0.15, -0.1) is 0 Å². The molecule has 0 radical (unpaired) electrons. The van der Waals surface area contributed by atoms with Crippen LogP contribution >= 0.6 is 0 Å². The van der Waals surface area contributed by atoms with Crippen LogP contribution in [0.1, 0.15) is 38.5 Å². The van der Waals surface area contributed by atoms with Crippen molar-refractivity contribution in [2.24, 2.45) is 0 Å². The molecule has 1 aromatic heterocycles. The molecule has 3 amide bonds. The smallest absolute Gasteiger partial charge is 0.318 e. The lowest BCUT2D eigenvalue weighted by Crippen LogP contribution is -2.55. The normalized spacial score (nSPS) is 22.6. The molecule has 3 rings (SSSR count). The Bertz CT molecular complexity index is 541. The molecule has 1 N–H and O–H groups in total. The predicted octanol–water partition coefficient (Wildman–Crippen LogP) is 2.16. The van der Waals surface area contributed by atoms with Crippen molar-refractivity contribution in [3.05, 3.63) is 24.5 Å². The number of carbonyl (C=O) groups is 2. The molecule has 2 fully saturated rings. The molecule has 2 aliphatic rings. The summed E-state index contributed by atoms with van der Waals surface area (Å²) in [5.74, 6) is -0.0348. The third-order valence-electron chi connectivity index (χ3n) is 4.59. The number of hydrogen-bond acceptors (Lipinski definition) is 3. The Kier molecular flexibility index (Phi) is 5.10. The number of aromatic nitrogens is 1. The molecule has 0 saturated carbocycles. The first-order valence-electron chi connectivity index (χ1n) is 8.52. The Balaban J connectivity index is 1.63. The summed E-state index contributed by atoms with van der Waals surface area (Å²) in [6.07, 6.45) is 9.43. The fraction of sp³-hybridized carbons (Fsp3) is 0.588. The summed E-state index contributed by atoms with van der Waals surface area (Å²) in [6.45, 7) is 2.26. The van der Waals surface area contributed by atoms with Gasteiger partial charge in [-0.2, -0.15) is 0 Å². The first-order chi connectivity index (χ1) is 11.3. The van der Waals surface area contributed by atoms with Crippen LogP contribution in [0.3, 0.4) is 0 Å². The van der Waals surface area contributed by atoms with Crippen LogP contribution < -0.4 is 10.2 Å². The van der Waals surface area contributed by atoms with Gasteiger partial charge in [0.1, 0.15) is 6.04 Å². The van der Waals surface area contributed by atoms with E-state index >= 15 is 0 Å². The van der Waals surface area contributed by atoms with Gasteiger partial charge in [-0.3, -0.25) is 9.78 Å². The zero-order valence-electron chi connectivity index (χ0n) is 13.4. The van der Waals surface area contributed by atoms with Gasteiger partial charge < -0.3 is 15.1 Å². The fourth-order valence-corrected chi connectivity index (χ4v) is 3.29. The average Bonchev–Trinajstić information content (AvgIpc) is 2.87. The largest absolute Gasteiger partial charge is 0.326 e. The van der Waals surface area contributed by atoms with E-state index in [4.69, 9.17) is 0 Å². The number of hydrogen-bond donors (Lipinski definition) is 1. The molecule has 2 saturated heterocycles. The molecular formula is C17H24N4O2. The molecule has 124 valence electrons. The zero-order valence-corrected chi connectivity index (χ0v) is 13.4. The molecular weight excluding hydrogens is 292 g/mol. The lowest BCUT2D eigenvalue weighted by atomic mass is 10.0. The van der Waals surface area contributed by atoms with Crippen LogP contribution in [0.25, 0.3) is 0 Å². The van der Waals surface area contributed by atoms with Gasteiger partial charge in [0, 0.05) is 25.8 Å². The van der Waals surface area contributed by atoms with Gasteiger partial charge in [0.05, 0.1) is 11.9 Å². The molecule has 3 heterocycles. The third kappa shape index (κ3) is 3.81. The molecule has 0 bridgehead atoms. The lowest BCUT2D eigenvalue weighted by molar-refractivity contribution is -0.121. The number of amides is 3. The van der Waals surface area contributed by atoms with Crippen molar-refractivity contribution < 1.29 is 9.59 Å². The molecule has 0 unspecified atom stereocenters. The summed E-state index contributed by atoms with van der Waals surface area (Å²) in [5, 5.41) is 2.94. The van der Waals surface area contributed by atoms with E-state index in [1.54, 1.807) is 17.3 Å². The van der Waals surface area contributed by atoms with E-state index in [1.165, 1.54) is 12.8 Å².